The van der Waals surface area contributed by atoms with E-state index in [0.717, 1.165) is 23.7 Å². The molecule has 3 aromatic rings. The molecule has 0 spiro atoms. The SMILES string of the molecule is CC(C)CN(Cc1cc(=O)n2ccsc2n1)Cc1cccs1. The van der Waals surface area contributed by atoms with Crippen molar-refractivity contribution in [1.82, 2.24) is 14.3 Å². The van der Waals surface area contributed by atoms with E-state index in [1.807, 2.05) is 5.38 Å². The van der Waals surface area contributed by atoms with Gasteiger partial charge >= 0.3 is 0 Å². The van der Waals surface area contributed by atoms with Gasteiger partial charge < -0.3 is 0 Å². The van der Waals surface area contributed by atoms with Crippen LogP contribution >= 0.6 is 22.7 Å². The average Bonchev–Trinajstić information content (AvgIpc) is 3.08. The van der Waals surface area contributed by atoms with E-state index in [0.29, 0.717) is 12.5 Å². The Hall–Kier alpha value is -1.50. The van der Waals surface area contributed by atoms with E-state index in [1.54, 1.807) is 28.0 Å². The van der Waals surface area contributed by atoms with Gasteiger partial charge in [-0.25, -0.2) is 4.98 Å². The summed E-state index contributed by atoms with van der Waals surface area (Å²) in [5, 5.41) is 4.00. The lowest BCUT2D eigenvalue weighted by atomic mass is 10.2. The Kier molecular flexibility index (Phi) is 4.71. The minimum atomic E-state index is 0.00173. The van der Waals surface area contributed by atoms with Gasteiger partial charge in [0.15, 0.2) is 4.96 Å². The van der Waals surface area contributed by atoms with Crippen molar-refractivity contribution in [1.29, 1.82) is 0 Å². The highest BCUT2D eigenvalue weighted by atomic mass is 32.1. The predicted octanol–water partition coefficient (Wildman–Crippen LogP) is 3.48. The van der Waals surface area contributed by atoms with Crippen molar-refractivity contribution in [3.05, 3.63) is 56.1 Å². The van der Waals surface area contributed by atoms with Gasteiger partial charge in [-0.15, -0.1) is 22.7 Å². The summed E-state index contributed by atoms with van der Waals surface area (Å²) in [7, 11) is 0. The van der Waals surface area contributed by atoms with E-state index in [4.69, 9.17) is 0 Å². The Morgan fingerprint density at radius 2 is 2.14 bits per heavy atom. The summed E-state index contributed by atoms with van der Waals surface area (Å²) < 4.78 is 1.60. The van der Waals surface area contributed by atoms with Crippen LogP contribution in [-0.4, -0.2) is 20.8 Å². The van der Waals surface area contributed by atoms with Gasteiger partial charge in [0.25, 0.3) is 5.56 Å². The molecule has 0 aliphatic carbocycles. The summed E-state index contributed by atoms with van der Waals surface area (Å²) in [5.74, 6) is 0.575. The molecule has 3 rings (SSSR count). The molecule has 0 aliphatic heterocycles. The summed E-state index contributed by atoms with van der Waals surface area (Å²) >= 11 is 3.27. The Morgan fingerprint density at radius 1 is 1.27 bits per heavy atom. The fraction of sp³-hybridized carbons (Fsp3) is 0.375. The monoisotopic (exact) mass is 333 g/mol. The molecule has 0 bridgehead atoms. The van der Waals surface area contributed by atoms with Crippen molar-refractivity contribution in [3.63, 3.8) is 0 Å². The smallest absolute Gasteiger partial charge is 0.258 e. The van der Waals surface area contributed by atoms with Gasteiger partial charge in [-0.2, -0.15) is 0 Å². The van der Waals surface area contributed by atoms with Crippen LogP contribution < -0.4 is 5.56 Å². The zero-order valence-corrected chi connectivity index (χ0v) is 14.4. The molecule has 6 heteroatoms. The highest BCUT2D eigenvalue weighted by molar-refractivity contribution is 7.15. The number of thiophene rings is 1. The Labute approximate surface area is 137 Å². The molecule has 4 nitrogen and oxygen atoms in total. The topological polar surface area (TPSA) is 37.6 Å². The average molecular weight is 333 g/mol. The molecule has 3 heterocycles. The standard InChI is InChI=1S/C16H19N3OS2/c1-12(2)9-18(11-14-4-3-6-21-14)10-13-8-15(20)19-5-7-22-16(19)17-13/h3-8,12H,9-11H2,1-2H3. The van der Waals surface area contributed by atoms with E-state index in [1.165, 1.54) is 16.2 Å². The van der Waals surface area contributed by atoms with Crippen LogP contribution in [0.1, 0.15) is 24.4 Å². The molecule has 0 unspecified atom stereocenters. The van der Waals surface area contributed by atoms with Crippen LogP contribution in [0.4, 0.5) is 0 Å². The van der Waals surface area contributed by atoms with Crippen LogP contribution in [0.2, 0.25) is 0 Å². The van der Waals surface area contributed by atoms with Crippen molar-refractivity contribution in [3.8, 4) is 0 Å². The maximum atomic E-state index is 12.1. The summed E-state index contributed by atoms with van der Waals surface area (Å²) in [5.41, 5.74) is 0.853. The minimum Gasteiger partial charge on any atom is -0.292 e. The Morgan fingerprint density at radius 3 is 2.86 bits per heavy atom. The van der Waals surface area contributed by atoms with E-state index in [2.05, 4.69) is 41.2 Å². The van der Waals surface area contributed by atoms with E-state index in [-0.39, 0.29) is 5.56 Å². The molecule has 0 aliphatic rings. The van der Waals surface area contributed by atoms with Gasteiger partial charge in [0.05, 0.1) is 5.69 Å². The van der Waals surface area contributed by atoms with Gasteiger partial charge in [-0.3, -0.25) is 14.1 Å². The molecule has 22 heavy (non-hydrogen) atoms. The van der Waals surface area contributed by atoms with Crippen LogP contribution in [0.25, 0.3) is 4.96 Å². The molecule has 3 aromatic heterocycles. The maximum absolute atomic E-state index is 12.1. The number of fused-ring (bicyclic) bond motifs is 1. The van der Waals surface area contributed by atoms with E-state index < -0.39 is 0 Å². The van der Waals surface area contributed by atoms with Gasteiger partial charge in [-0.05, 0) is 17.4 Å². The second kappa shape index (κ2) is 6.73. The number of rotatable bonds is 6. The van der Waals surface area contributed by atoms with Gasteiger partial charge in [0.1, 0.15) is 0 Å². The largest absolute Gasteiger partial charge is 0.292 e. The molecular weight excluding hydrogens is 314 g/mol. The zero-order valence-electron chi connectivity index (χ0n) is 12.7. The van der Waals surface area contributed by atoms with Gasteiger partial charge in [0, 0.05) is 42.2 Å². The molecular formula is C16H19N3OS2. The van der Waals surface area contributed by atoms with E-state index in [9.17, 15) is 4.79 Å². The lowest BCUT2D eigenvalue weighted by Crippen LogP contribution is -2.28. The second-order valence-corrected chi connectivity index (χ2v) is 7.69. The third-order valence-corrected chi connectivity index (χ3v) is 4.94. The Bertz CT molecular complexity index is 789. The number of thiazole rings is 1. The lowest BCUT2D eigenvalue weighted by molar-refractivity contribution is 0.227. The van der Waals surface area contributed by atoms with Crippen molar-refractivity contribution in [2.24, 2.45) is 5.92 Å². The third-order valence-electron chi connectivity index (χ3n) is 3.32. The molecule has 116 valence electrons. The lowest BCUT2D eigenvalue weighted by Gasteiger charge is -2.23. The molecule has 0 radical (unpaired) electrons. The fourth-order valence-electron chi connectivity index (χ4n) is 2.52. The van der Waals surface area contributed by atoms with Crippen LogP contribution in [0.3, 0.4) is 0 Å². The summed E-state index contributed by atoms with van der Waals surface area (Å²) in [6.07, 6.45) is 1.77. The first-order valence-corrected chi connectivity index (χ1v) is 9.08. The molecule has 0 aromatic carbocycles. The van der Waals surface area contributed by atoms with E-state index >= 15 is 0 Å². The van der Waals surface area contributed by atoms with Crippen molar-refractivity contribution in [2.45, 2.75) is 26.9 Å². The molecule has 0 amide bonds. The minimum absolute atomic E-state index is 0.00173. The molecule has 0 atom stereocenters. The van der Waals surface area contributed by atoms with Crippen molar-refractivity contribution < 1.29 is 0 Å². The molecule has 0 saturated heterocycles. The van der Waals surface area contributed by atoms with Crippen molar-refractivity contribution in [2.75, 3.05) is 6.54 Å². The highest BCUT2D eigenvalue weighted by Crippen LogP contribution is 2.15. The number of nitrogens with zero attached hydrogens (tertiary/aromatic N) is 3. The van der Waals surface area contributed by atoms with Crippen LogP contribution in [0, 0.1) is 5.92 Å². The number of aromatic nitrogens is 2. The quantitative estimate of drug-likeness (QED) is 0.693. The molecule has 0 N–H and O–H groups in total. The van der Waals surface area contributed by atoms with Gasteiger partial charge in [0.2, 0.25) is 0 Å². The molecule has 0 saturated carbocycles. The Balaban J connectivity index is 1.82. The highest BCUT2D eigenvalue weighted by Gasteiger charge is 2.12. The normalized spacial score (nSPS) is 11.8. The maximum Gasteiger partial charge on any atom is 0.258 e. The van der Waals surface area contributed by atoms with Gasteiger partial charge in [-0.1, -0.05) is 19.9 Å². The summed E-state index contributed by atoms with van der Waals surface area (Å²) in [6, 6.07) is 5.89. The first-order chi connectivity index (χ1) is 10.6. The zero-order chi connectivity index (χ0) is 15.5. The fourth-order valence-corrected chi connectivity index (χ4v) is 4.01. The van der Waals surface area contributed by atoms with Crippen LogP contribution in [0.5, 0.6) is 0 Å². The van der Waals surface area contributed by atoms with Crippen LogP contribution in [-0.2, 0) is 13.1 Å². The second-order valence-electron chi connectivity index (χ2n) is 5.78. The third kappa shape index (κ3) is 3.63. The first-order valence-electron chi connectivity index (χ1n) is 7.32. The number of hydrogen-bond acceptors (Lipinski definition) is 5. The predicted molar refractivity (Wildman–Crippen MR) is 92.6 cm³/mol. The molecule has 0 fully saturated rings. The first kappa shape index (κ1) is 15.4. The van der Waals surface area contributed by atoms with Crippen LogP contribution in [0.15, 0.2) is 40.0 Å². The number of hydrogen-bond donors (Lipinski definition) is 0. The summed E-state index contributed by atoms with van der Waals surface area (Å²) in [6.45, 7) is 7.03. The van der Waals surface area contributed by atoms with Crippen molar-refractivity contribution >= 4 is 27.6 Å². The summed E-state index contributed by atoms with van der Waals surface area (Å²) in [4.78, 5) is 21.2.